The zero-order valence-corrected chi connectivity index (χ0v) is 20.0. The van der Waals surface area contributed by atoms with Crippen LogP contribution in [0.15, 0.2) is 35.7 Å². The van der Waals surface area contributed by atoms with Crippen LogP contribution in [0.2, 0.25) is 0 Å². The van der Waals surface area contributed by atoms with Gasteiger partial charge in [0.2, 0.25) is 5.91 Å². The molecule has 2 aromatic rings. The molecule has 6 nitrogen and oxygen atoms in total. The normalized spacial score (nSPS) is 17.8. The predicted molar refractivity (Wildman–Crippen MR) is 127 cm³/mol. The number of ether oxygens (including phenoxy) is 1. The minimum Gasteiger partial charge on any atom is -0.491 e. The first-order valence-electron chi connectivity index (χ1n) is 11.5. The quantitative estimate of drug-likeness (QED) is 0.642. The highest BCUT2D eigenvalue weighted by Gasteiger charge is 2.35. The SMILES string of the molecule is Cc1ccc(OC[C@H]2c3ccsc3CCN2C(=O)CN(CC2CC2)C(=O)NC(C)C)cc1. The van der Waals surface area contributed by atoms with E-state index < -0.39 is 0 Å². The molecule has 172 valence electrons. The molecule has 2 heterocycles. The molecule has 1 aromatic carbocycles. The highest BCUT2D eigenvalue weighted by atomic mass is 32.1. The molecule has 2 aliphatic rings. The van der Waals surface area contributed by atoms with Crippen LogP contribution in [0.4, 0.5) is 4.79 Å². The monoisotopic (exact) mass is 455 g/mol. The molecular weight excluding hydrogens is 422 g/mol. The molecule has 0 saturated heterocycles. The second-order valence-electron chi connectivity index (χ2n) is 9.20. The third-order valence-corrected chi connectivity index (χ3v) is 7.04. The molecule has 1 aliphatic heterocycles. The molecule has 4 rings (SSSR count). The van der Waals surface area contributed by atoms with Gasteiger partial charge in [0.15, 0.2) is 0 Å². The molecule has 1 atom stereocenters. The van der Waals surface area contributed by atoms with Crippen molar-refractivity contribution >= 4 is 23.3 Å². The third-order valence-electron chi connectivity index (χ3n) is 6.05. The lowest BCUT2D eigenvalue weighted by atomic mass is 10.0. The average Bonchev–Trinajstić information content (AvgIpc) is 3.44. The average molecular weight is 456 g/mol. The molecule has 32 heavy (non-hydrogen) atoms. The van der Waals surface area contributed by atoms with Gasteiger partial charge in [0.25, 0.3) is 0 Å². The van der Waals surface area contributed by atoms with E-state index in [-0.39, 0.29) is 30.6 Å². The first kappa shape index (κ1) is 22.6. The molecular formula is C25H33N3O3S. The summed E-state index contributed by atoms with van der Waals surface area (Å²) >= 11 is 1.74. The van der Waals surface area contributed by atoms with E-state index in [2.05, 4.69) is 16.8 Å². The zero-order chi connectivity index (χ0) is 22.7. The summed E-state index contributed by atoms with van der Waals surface area (Å²) in [5.41, 5.74) is 2.35. The van der Waals surface area contributed by atoms with Gasteiger partial charge in [-0.25, -0.2) is 4.79 Å². The number of urea groups is 1. The summed E-state index contributed by atoms with van der Waals surface area (Å²) in [4.78, 5) is 31.1. The van der Waals surface area contributed by atoms with Crippen molar-refractivity contribution in [3.8, 4) is 5.75 Å². The van der Waals surface area contributed by atoms with Gasteiger partial charge in [0, 0.05) is 24.0 Å². The summed E-state index contributed by atoms with van der Waals surface area (Å²) in [6.45, 7) is 7.73. The fourth-order valence-corrected chi connectivity index (χ4v) is 5.04. The van der Waals surface area contributed by atoms with Gasteiger partial charge in [-0.3, -0.25) is 4.79 Å². The van der Waals surface area contributed by atoms with E-state index in [1.807, 2.05) is 49.9 Å². The number of nitrogens with one attached hydrogen (secondary N) is 1. The summed E-state index contributed by atoms with van der Waals surface area (Å²) < 4.78 is 6.10. The lowest BCUT2D eigenvalue weighted by Crippen LogP contribution is -2.51. The second kappa shape index (κ2) is 9.94. The number of thiophene rings is 1. The van der Waals surface area contributed by atoms with Crippen LogP contribution >= 0.6 is 11.3 Å². The second-order valence-corrected chi connectivity index (χ2v) is 10.2. The lowest BCUT2D eigenvalue weighted by molar-refractivity contribution is -0.135. The van der Waals surface area contributed by atoms with Crippen molar-refractivity contribution in [3.63, 3.8) is 0 Å². The molecule has 1 aliphatic carbocycles. The van der Waals surface area contributed by atoms with Crippen LogP contribution in [-0.4, -0.2) is 54.0 Å². The Hall–Kier alpha value is -2.54. The van der Waals surface area contributed by atoms with Crippen LogP contribution in [0.3, 0.4) is 0 Å². The van der Waals surface area contributed by atoms with Gasteiger partial charge in [0.1, 0.15) is 18.9 Å². The van der Waals surface area contributed by atoms with Crippen LogP contribution in [0.25, 0.3) is 0 Å². The van der Waals surface area contributed by atoms with E-state index in [9.17, 15) is 9.59 Å². The van der Waals surface area contributed by atoms with E-state index in [0.29, 0.717) is 25.6 Å². The van der Waals surface area contributed by atoms with E-state index in [1.165, 1.54) is 16.0 Å². The van der Waals surface area contributed by atoms with Gasteiger partial charge >= 0.3 is 6.03 Å². The number of nitrogens with zero attached hydrogens (tertiary/aromatic N) is 2. The molecule has 0 bridgehead atoms. The fraction of sp³-hybridized carbons (Fsp3) is 0.520. The topological polar surface area (TPSA) is 61.9 Å². The van der Waals surface area contributed by atoms with E-state index in [1.54, 1.807) is 16.2 Å². The number of fused-ring (bicyclic) bond motifs is 1. The van der Waals surface area contributed by atoms with Crippen molar-refractivity contribution in [1.29, 1.82) is 0 Å². The van der Waals surface area contributed by atoms with Crippen molar-refractivity contribution in [2.24, 2.45) is 5.92 Å². The number of amides is 3. The van der Waals surface area contributed by atoms with Crippen molar-refractivity contribution in [1.82, 2.24) is 15.1 Å². The van der Waals surface area contributed by atoms with Crippen LogP contribution in [-0.2, 0) is 11.2 Å². The molecule has 3 amide bonds. The fourth-order valence-electron chi connectivity index (χ4n) is 4.11. The minimum absolute atomic E-state index is 0.0149. The summed E-state index contributed by atoms with van der Waals surface area (Å²) in [5, 5.41) is 5.04. The molecule has 0 unspecified atom stereocenters. The highest BCUT2D eigenvalue weighted by Crippen LogP contribution is 2.34. The summed E-state index contributed by atoms with van der Waals surface area (Å²) in [5.74, 6) is 1.31. The van der Waals surface area contributed by atoms with E-state index >= 15 is 0 Å². The Balaban J connectivity index is 1.48. The maximum atomic E-state index is 13.5. The largest absolute Gasteiger partial charge is 0.491 e. The van der Waals surface area contributed by atoms with Crippen molar-refractivity contribution < 1.29 is 14.3 Å². The van der Waals surface area contributed by atoms with Crippen LogP contribution < -0.4 is 10.1 Å². The minimum atomic E-state index is -0.152. The standard InChI is InChI=1S/C25H33N3O3S/c1-17(2)26-25(30)27(14-19-6-7-19)15-24(29)28-12-10-23-21(11-13-32-23)22(28)16-31-20-8-4-18(3)5-9-20/h4-5,8-9,11,13,17,19,22H,6-7,10,12,14-16H2,1-3H3,(H,26,30)/t22-/m0/s1. The van der Waals surface area contributed by atoms with Gasteiger partial charge in [-0.1, -0.05) is 17.7 Å². The molecule has 1 aromatic heterocycles. The zero-order valence-electron chi connectivity index (χ0n) is 19.2. The van der Waals surface area contributed by atoms with Crippen LogP contribution in [0.5, 0.6) is 5.75 Å². The van der Waals surface area contributed by atoms with Crippen molar-refractivity contribution in [2.75, 3.05) is 26.2 Å². The summed E-state index contributed by atoms with van der Waals surface area (Å²) in [7, 11) is 0. The summed E-state index contributed by atoms with van der Waals surface area (Å²) in [6.07, 6.45) is 3.11. The number of carbonyl (C=O) groups excluding carboxylic acids is 2. The smallest absolute Gasteiger partial charge is 0.318 e. The Morgan fingerprint density at radius 1 is 1.22 bits per heavy atom. The van der Waals surface area contributed by atoms with E-state index in [4.69, 9.17) is 4.74 Å². The number of hydrogen-bond donors (Lipinski definition) is 1. The predicted octanol–water partition coefficient (Wildman–Crippen LogP) is 4.39. The Kier molecular flexibility index (Phi) is 7.04. The molecule has 7 heteroatoms. The molecule has 1 fully saturated rings. The van der Waals surface area contributed by atoms with Crippen LogP contribution in [0, 0.1) is 12.8 Å². The van der Waals surface area contributed by atoms with Crippen molar-refractivity contribution in [2.45, 2.75) is 52.1 Å². The number of rotatable bonds is 8. The Morgan fingerprint density at radius 2 is 1.97 bits per heavy atom. The van der Waals surface area contributed by atoms with Gasteiger partial charge in [-0.05, 0) is 75.1 Å². The van der Waals surface area contributed by atoms with Gasteiger partial charge < -0.3 is 19.9 Å². The number of benzene rings is 1. The number of aryl methyl sites for hydroxylation is 1. The summed E-state index contributed by atoms with van der Waals surface area (Å²) in [6, 6.07) is 9.83. The highest BCUT2D eigenvalue weighted by molar-refractivity contribution is 7.10. The Morgan fingerprint density at radius 3 is 2.66 bits per heavy atom. The maximum absolute atomic E-state index is 13.5. The first-order chi connectivity index (χ1) is 15.4. The molecule has 1 N–H and O–H groups in total. The van der Waals surface area contributed by atoms with E-state index in [0.717, 1.165) is 25.0 Å². The maximum Gasteiger partial charge on any atom is 0.318 e. The third kappa shape index (κ3) is 5.63. The molecule has 0 spiro atoms. The number of hydrogen-bond acceptors (Lipinski definition) is 4. The van der Waals surface area contributed by atoms with Crippen LogP contribution in [0.1, 0.15) is 48.7 Å². The molecule has 0 radical (unpaired) electrons. The van der Waals surface area contributed by atoms with Gasteiger partial charge in [-0.15, -0.1) is 11.3 Å². The first-order valence-corrected chi connectivity index (χ1v) is 12.4. The molecule has 1 saturated carbocycles. The van der Waals surface area contributed by atoms with Gasteiger partial charge in [0.05, 0.1) is 6.04 Å². The lowest BCUT2D eigenvalue weighted by Gasteiger charge is -2.37. The Bertz CT molecular complexity index is 936. The van der Waals surface area contributed by atoms with Crippen molar-refractivity contribution in [3.05, 3.63) is 51.7 Å². The Labute approximate surface area is 194 Å². The number of carbonyl (C=O) groups is 2. The van der Waals surface area contributed by atoms with Gasteiger partial charge in [-0.2, -0.15) is 0 Å².